The molecule has 1 aromatic heterocycles. The van der Waals surface area contributed by atoms with Crippen LogP contribution >= 0.6 is 0 Å². The molecule has 5 heteroatoms. The van der Waals surface area contributed by atoms with Gasteiger partial charge in [-0.1, -0.05) is 0 Å². The van der Waals surface area contributed by atoms with Crippen molar-refractivity contribution in [2.75, 3.05) is 11.9 Å². The van der Waals surface area contributed by atoms with Gasteiger partial charge in [0.1, 0.15) is 5.56 Å². The molecule has 5 nitrogen and oxygen atoms in total. The third-order valence-corrected chi connectivity index (χ3v) is 4.18. The minimum absolute atomic E-state index is 0.160. The highest BCUT2D eigenvalue weighted by atomic mass is 16.4. The van der Waals surface area contributed by atoms with Crippen LogP contribution in [0.4, 0.5) is 5.69 Å². The molecule has 0 saturated carbocycles. The van der Waals surface area contributed by atoms with Gasteiger partial charge in [0.25, 0.3) is 0 Å². The van der Waals surface area contributed by atoms with E-state index >= 15 is 0 Å². The first-order chi connectivity index (χ1) is 10.0. The molecule has 2 heterocycles. The van der Waals surface area contributed by atoms with Gasteiger partial charge in [-0.05, 0) is 43.9 Å². The number of aryl methyl sites for hydroxylation is 3. The summed E-state index contributed by atoms with van der Waals surface area (Å²) in [5.74, 6) is -1.17. The number of pyridine rings is 1. The van der Waals surface area contributed by atoms with Crippen LogP contribution in [0.3, 0.4) is 0 Å². The molecule has 110 valence electrons. The van der Waals surface area contributed by atoms with Crippen LogP contribution in [0.25, 0.3) is 10.9 Å². The molecule has 0 spiro atoms. The van der Waals surface area contributed by atoms with Crippen LogP contribution in [-0.2, 0) is 13.0 Å². The summed E-state index contributed by atoms with van der Waals surface area (Å²) < 4.78 is 1.85. The molecule has 0 fully saturated rings. The first-order valence-corrected chi connectivity index (χ1v) is 7.21. The van der Waals surface area contributed by atoms with Crippen LogP contribution < -0.4 is 10.7 Å². The molecule has 1 aliphatic heterocycles. The number of hydrogen-bond acceptors (Lipinski definition) is 3. The highest BCUT2D eigenvalue weighted by molar-refractivity contribution is 5.95. The lowest BCUT2D eigenvalue weighted by atomic mass is 9.95. The third-order valence-electron chi connectivity index (χ3n) is 4.18. The van der Waals surface area contributed by atoms with Crippen molar-refractivity contribution in [2.45, 2.75) is 33.2 Å². The average Bonchev–Trinajstić information content (AvgIpc) is 2.48. The summed E-state index contributed by atoms with van der Waals surface area (Å²) in [4.78, 5) is 23.7. The van der Waals surface area contributed by atoms with Crippen LogP contribution in [0.2, 0.25) is 0 Å². The third kappa shape index (κ3) is 2.00. The highest BCUT2D eigenvalue weighted by Crippen LogP contribution is 2.31. The summed E-state index contributed by atoms with van der Waals surface area (Å²) in [5.41, 5.74) is 3.51. The zero-order chi connectivity index (χ0) is 15.1. The van der Waals surface area contributed by atoms with Gasteiger partial charge in [0.05, 0.1) is 5.52 Å². The summed E-state index contributed by atoms with van der Waals surface area (Å²) in [6.45, 7) is 5.49. The summed E-state index contributed by atoms with van der Waals surface area (Å²) in [7, 11) is 0. The van der Waals surface area contributed by atoms with Crippen molar-refractivity contribution in [1.82, 2.24) is 4.57 Å². The normalized spacial score (nSPS) is 13.8. The summed E-state index contributed by atoms with van der Waals surface area (Å²) in [6.07, 6.45) is 3.40. The minimum Gasteiger partial charge on any atom is -0.477 e. The predicted octanol–water partition coefficient (Wildman–Crippen LogP) is 2.39. The fourth-order valence-electron chi connectivity index (χ4n) is 3.18. The SMILES string of the molecule is CCn1cc(C(=O)O)c(=O)c2cc3c(c(C)c21)NCCC3. The highest BCUT2D eigenvalue weighted by Gasteiger charge is 2.20. The molecule has 21 heavy (non-hydrogen) atoms. The zero-order valence-corrected chi connectivity index (χ0v) is 12.2. The Morgan fingerprint density at radius 1 is 1.48 bits per heavy atom. The predicted molar refractivity (Wildman–Crippen MR) is 82.4 cm³/mol. The second-order valence-electron chi connectivity index (χ2n) is 5.43. The van der Waals surface area contributed by atoms with Gasteiger partial charge >= 0.3 is 5.97 Å². The zero-order valence-electron chi connectivity index (χ0n) is 12.2. The molecule has 0 radical (unpaired) electrons. The number of carbonyl (C=O) groups is 1. The Hall–Kier alpha value is -2.30. The molecule has 0 bridgehead atoms. The van der Waals surface area contributed by atoms with Crippen molar-refractivity contribution in [3.63, 3.8) is 0 Å². The second-order valence-corrected chi connectivity index (χ2v) is 5.43. The second kappa shape index (κ2) is 4.91. The quantitative estimate of drug-likeness (QED) is 0.889. The maximum absolute atomic E-state index is 12.5. The van der Waals surface area contributed by atoms with E-state index in [4.69, 9.17) is 0 Å². The van der Waals surface area contributed by atoms with E-state index in [2.05, 4.69) is 5.32 Å². The Kier molecular flexibility index (Phi) is 3.20. The van der Waals surface area contributed by atoms with Gasteiger partial charge in [0, 0.05) is 30.4 Å². The number of nitrogens with zero attached hydrogens (tertiary/aromatic N) is 1. The molecular weight excluding hydrogens is 268 g/mol. The van der Waals surface area contributed by atoms with Gasteiger partial charge in [-0.2, -0.15) is 0 Å². The van der Waals surface area contributed by atoms with Crippen molar-refractivity contribution in [2.24, 2.45) is 0 Å². The van der Waals surface area contributed by atoms with Crippen molar-refractivity contribution >= 4 is 22.6 Å². The largest absolute Gasteiger partial charge is 0.477 e. The minimum atomic E-state index is -1.17. The van der Waals surface area contributed by atoms with Crippen LogP contribution in [-0.4, -0.2) is 22.2 Å². The number of rotatable bonds is 2. The van der Waals surface area contributed by atoms with E-state index < -0.39 is 11.4 Å². The maximum Gasteiger partial charge on any atom is 0.341 e. The molecule has 0 aliphatic carbocycles. The smallest absolute Gasteiger partial charge is 0.341 e. The number of aromatic nitrogens is 1. The van der Waals surface area contributed by atoms with Crippen molar-refractivity contribution in [3.8, 4) is 0 Å². The van der Waals surface area contributed by atoms with Crippen LogP contribution in [0.15, 0.2) is 17.1 Å². The Morgan fingerprint density at radius 2 is 2.24 bits per heavy atom. The molecule has 2 N–H and O–H groups in total. The standard InChI is InChI=1S/C16H18N2O3/c1-3-18-8-12(16(20)21)15(19)11-7-10-5-4-6-17-13(10)9(2)14(11)18/h7-8,17H,3-6H2,1-2H3,(H,20,21). The van der Waals surface area contributed by atoms with E-state index in [1.807, 2.05) is 24.5 Å². The molecular formula is C16H18N2O3. The topological polar surface area (TPSA) is 71.3 Å². The van der Waals surface area contributed by atoms with Gasteiger partial charge in [-0.25, -0.2) is 4.79 Å². The molecule has 0 saturated heterocycles. The van der Waals surface area contributed by atoms with Gasteiger partial charge in [-0.3, -0.25) is 4.79 Å². The summed E-state index contributed by atoms with van der Waals surface area (Å²) in [6, 6.07) is 1.87. The van der Waals surface area contributed by atoms with Gasteiger partial charge < -0.3 is 15.0 Å². The molecule has 0 unspecified atom stereocenters. The van der Waals surface area contributed by atoms with Crippen molar-refractivity contribution < 1.29 is 9.90 Å². The molecule has 3 rings (SSSR count). The number of benzene rings is 1. The Bertz CT molecular complexity index is 805. The lowest BCUT2D eigenvalue weighted by Gasteiger charge is -2.23. The number of hydrogen-bond donors (Lipinski definition) is 2. The fraction of sp³-hybridized carbons (Fsp3) is 0.375. The first kappa shape index (κ1) is 13.7. The van der Waals surface area contributed by atoms with E-state index in [9.17, 15) is 14.7 Å². The number of fused-ring (bicyclic) bond motifs is 2. The number of carboxylic acid groups (broad SMARTS) is 1. The Labute approximate surface area is 122 Å². The van der Waals surface area contributed by atoms with Crippen LogP contribution in [0.5, 0.6) is 0 Å². The van der Waals surface area contributed by atoms with Crippen LogP contribution in [0, 0.1) is 6.92 Å². The monoisotopic (exact) mass is 286 g/mol. The number of carboxylic acids is 1. The van der Waals surface area contributed by atoms with Gasteiger partial charge in [0.2, 0.25) is 5.43 Å². The molecule has 0 atom stereocenters. The summed E-state index contributed by atoms with van der Waals surface area (Å²) >= 11 is 0. The first-order valence-electron chi connectivity index (χ1n) is 7.21. The lowest BCUT2D eigenvalue weighted by molar-refractivity contribution is 0.0695. The number of aromatic carboxylic acids is 1. The molecule has 2 aromatic rings. The van der Waals surface area contributed by atoms with Gasteiger partial charge in [-0.15, -0.1) is 0 Å². The molecule has 0 amide bonds. The van der Waals surface area contributed by atoms with E-state index in [0.29, 0.717) is 11.9 Å². The number of anilines is 1. The van der Waals surface area contributed by atoms with Crippen LogP contribution in [0.1, 0.15) is 34.8 Å². The van der Waals surface area contributed by atoms with Crippen molar-refractivity contribution in [1.29, 1.82) is 0 Å². The van der Waals surface area contributed by atoms with Crippen molar-refractivity contribution in [3.05, 3.63) is 39.2 Å². The van der Waals surface area contributed by atoms with E-state index in [-0.39, 0.29) is 5.56 Å². The molecule has 1 aromatic carbocycles. The average molecular weight is 286 g/mol. The Morgan fingerprint density at radius 3 is 2.90 bits per heavy atom. The Balaban J connectivity index is 2.47. The number of nitrogens with one attached hydrogen (secondary N) is 1. The summed E-state index contributed by atoms with van der Waals surface area (Å²) in [5, 5.41) is 13.1. The van der Waals surface area contributed by atoms with Gasteiger partial charge in [0.15, 0.2) is 0 Å². The van der Waals surface area contributed by atoms with E-state index in [0.717, 1.165) is 41.7 Å². The molecule has 1 aliphatic rings. The maximum atomic E-state index is 12.5. The lowest BCUT2D eigenvalue weighted by Crippen LogP contribution is -2.21. The van der Waals surface area contributed by atoms with E-state index in [1.165, 1.54) is 6.20 Å². The van der Waals surface area contributed by atoms with E-state index in [1.54, 1.807) is 0 Å². The fourth-order valence-corrected chi connectivity index (χ4v) is 3.18.